The van der Waals surface area contributed by atoms with Gasteiger partial charge >= 0.3 is 6.03 Å². The Balaban J connectivity index is 1.67. The van der Waals surface area contributed by atoms with Crippen molar-refractivity contribution >= 4 is 29.5 Å². The smallest absolute Gasteiger partial charge is 0.321 e. The second-order valence-electron chi connectivity index (χ2n) is 7.90. The van der Waals surface area contributed by atoms with E-state index in [0.29, 0.717) is 23.3 Å². The highest BCUT2D eigenvalue weighted by Gasteiger charge is 2.54. The molecule has 2 aromatic carbocycles. The number of fused-ring (bicyclic) bond motifs is 3. The number of halogens is 1. The molecule has 0 saturated carbocycles. The van der Waals surface area contributed by atoms with Crippen molar-refractivity contribution in [1.82, 2.24) is 24.6 Å². The fourth-order valence-corrected chi connectivity index (χ4v) is 4.50. The van der Waals surface area contributed by atoms with Gasteiger partial charge in [0.1, 0.15) is 6.17 Å². The molecule has 158 valence electrons. The van der Waals surface area contributed by atoms with Gasteiger partial charge in [-0.2, -0.15) is 0 Å². The summed E-state index contributed by atoms with van der Waals surface area (Å²) in [5, 5.41) is 9.47. The number of urea groups is 1. The number of anilines is 1. The summed E-state index contributed by atoms with van der Waals surface area (Å²) in [5.74, 6) is 0.895. The number of likely N-dealkylation sites (N-methyl/N-ethyl adjacent to an activating group) is 2. The molecule has 1 saturated heterocycles. The van der Waals surface area contributed by atoms with Crippen LogP contribution < -0.4 is 4.90 Å². The third-order valence-corrected chi connectivity index (χ3v) is 6.34. The van der Waals surface area contributed by atoms with Crippen molar-refractivity contribution < 1.29 is 9.59 Å². The first-order valence-electron chi connectivity index (χ1n) is 9.95. The summed E-state index contributed by atoms with van der Waals surface area (Å²) in [5.41, 5.74) is 3.02. The molecule has 9 heteroatoms. The van der Waals surface area contributed by atoms with Gasteiger partial charge in [0.25, 0.3) is 5.91 Å². The summed E-state index contributed by atoms with van der Waals surface area (Å²) in [4.78, 5) is 30.7. The van der Waals surface area contributed by atoms with Crippen molar-refractivity contribution in [3.8, 4) is 11.4 Å². The van der Waals surface area contributed by atoms with Gasteiger partial charge in [0.15, 0.2) is 11.9 Å². The van der Waals surface area contributed by atoms with Crippen LogP contribution in [-0.4, -0.2) is 56.6 Å². The zero-order chi connectivity index (χ0) is 21.9. The summed E-state index contributed by atoms with van der Waals surface area (Å²) in [6.07, 6.45) is -0.545. The van der Waals surface area contributed by atoms with Gasteiger partial charge in [-0.25, -0.2) is 4.79 Å². The van der Waals surface area contributed by atoms with Crippen molar-refractivity contribution in [1.29, 1.82) is 0 Å². The van der Waals surface area contributed by atoms with E-state index in [1.54, 1.807) is 24.1 Å². The zero-order valence-corrected chi connectivity index (χ0v) is 18.1. The van der Waals surface area contributed by atoms with Crippen LogP contribution in [0.4, 0.5) is 10.7 Å². The molecule has 1 fully saturated rings. The highest BCUT2D eigenvalue weighted by atomic mass is 35.5. The minimum Gasteiger partial charge on any atom is -0.321 e. The van der Waals surface area contributed by atoms with E-state index in [-0.39, 0.29) is 11.9 Å². The molecule has 0 N–H and O–H groups in total. The second-order valence-corrected chi connectivity index (χ2v) is 8.34. The van der Waals surface area contributed by atoms with Crippen LogP contribution in [0.15, 0.2) is 48.5 Å². The normalized spacial score (nSPS) is 20.3. The maximum atomic E-state index is 13.3. The molecular formula is C22H21ClN6O2. The van der Waals surface area contributed by atoms with Gasteiger partial charge in [-0.05, 0) is 42.3 Å². The Morgan fingerprint density at radius 2 is 1.71 bits per heavy atom. The first-order valence-corrected chi connectivity index (χ1v) is 10.3. The molecule has 3 heterocycles. The number of hydrogen-bond donors (Lipinski definition) is 0. The van der Waals surface area contributed by atoms with E-state index >= 15 is 0 Å². The van der Waals surface area contributed by atoms with Crippen LogP contribution in [-0.2, 0) is 11.3 Å². The summed E-state index contributed by atoms with van der Waals surface area (Å²) < 4.78 is 1.88. The van der Waals surface area contributed by atoms with E-state index in [9.17, 15) is 9.59 Å². The Morgan fingerprint density at radius 1 is 1.00 bits per heavy atom. The zero-order valence-electron chi connectivity index (χ0n) is 17.4. The Hall–Kier alpha value is -3.39. The molecule has 3 amide bonds. The topological polar surface area (TPSA) is 74.6 Å². The van der Waals surface area contributed by atoms with Crippen molar-refractivity contribution in [3.63, 3.8) is 0 Å². The number of aryl methyl sites for hydroxylation is 1. The van der Waals surface area contributed by atoms with Gasteiger partial charge in [0, 0.05) is 31.2 Å². The summed E-state index contributed by atoms with van der Waals surface area (Å²) in [6, 6.07) is 14.4. The highest BCUT2D eigenvalue weighted by Crippen LogP contribution is 2.43. The van der Waals surface area contributed by atoms with Crippen LogP contribution in [0.25, 0.3) is 11.4 Å². The van der Waals surface area contributed by atoms with Crippen LogP contribution >= 0.6 is 11.6 Å². The maximum Gasteiger partial charge on any atom is 0.327 e. The number of carbonyl (C=O) groups excluding carboxylic acids is 2. The van der Waals surface area contributed by atoms with Gasteiger partial charge in [0.05, 0.1) is 0 Å². The number of benzene rings is 2. The lowest BCUT2D eigenvalue weighted by molar-refractivity contribution is -0.133. The Morgan fingerprint density at radius 3 is 2.42 bits per heavy atom. The van der Waals surface area contributed by atoms with Crippen LogP contribution in [0.1, 0.15) is 17.3 Å². The molecule has 8 nitrogen and oxygen atoms in total. The molecule has 2 unspecified atom stereocenters. The monoisotopic (exact) mass is 436 g/mol. The number of amides is 3. The van der Waals surface area contributed by atoms with Crippen molar-refractivity contribution in [2.24, 2.45) is 0 Å². The van der Waals surface area contributed by atoms with E-state index in [1.165, 1.54) is 11.9 Å². The van der Waals surface area contributed by atoms with Gasteiger partial charge in [0.2, 0.25) is 5.95 Å². The van der Waals surface area contributed by atoms with Crippen LogP contribution in [0.2, 0.25) is 5.02 Å². The quantitative estimate of drug-likeness (QED) is 0.629. The number of imide groups is 1. The number of rotatable bonds is 3. The first kappa shape index (κ1) is 19.6. The molecule has 1 aromatic heterocycles. The van der Waals surface area contributed by atoms with Gasteiger partial charge in [-0.3, -0.25) is 14.3 Å². The van der Waals surface area contributed by atoms with E-state index < -0.39 is 12.2 Å². The summed E-state index contributed by atoms with van der Waals surface area (Å²) >= 11 is 6.05. The molecular weight excluding hydrogens is 416 g/mol. The first-order chi connectivity index (χ1) is 14.9. The van der Waals surface area contributed by atoms with Crippen molar-refractivity contribution in [3.05, 3.63) is 64.7 Å². The summed E-state index contributed by atoms with van der Waals surface area (Å²) in [7, 11) is 3.22. The van der Waals surface area contributed by atoms with E-state index in [0.717, 1.165) is 16.7 Å². The van der Waals surface area contributed by atoms with Crippen LogP contribution in [0.3, 0.4) is 0 Å². The molecule has 0 bridgehead atoms. The lowest BCUT2D eigenvalue weighted by Gasteiger charge is -2.40. The van der Waals surface area contributed by atoms with E-state index in [2.05, 4.69) is 10.2 Å². The Bertz CT molecular complexity index is 1190. The van der Waals surface area contributed by atoms with Crippen LogP contribution in [0.5, 0.6) is 0 Å². The number of hydrogen-bond acceptors (Lipinski definition) is 5. The number of nitrogens with zero attached hydrogens (tertiary/aromatic N) is 6. The second kappa shape index (κ2) is 7.09. The van der Waals surface area contributed by atoms with E-state index in [1.807, 2.05) is 52.8 Å². The predicted molar refractivity (Wildman–Crippen MR) is 117 cm³/mol. The molecule has 2 aliphatic rings. The van der Waals surface area contributed by atoms with E-state index in [4.69, 9.17) is 11.6 Å². The molecule has 0 aliphatic carbocycles. The van der Waals surface area contributed by atoms with Crippen molar-refractivity contribution in [2.45, 2.75) is 25.7 Å². The Kier molecular flexibility index (Phi) is 4.48. The van der Waals surface area contributed by atoms with Crippen LogP contribution in [0, 0.1) is 6.92 Å². The number of carbonyl (C=O) groups is 2. The average molecular weight is 437 g/mol. The molecule has 31 heavy (non-hydrogen) atoms. The third kappa shape index (κ3) is 2.90. The third-order valence-electron chi connectivity index (χ3n) is 6.09. The van der Waals surface area contributed by atoms with Gasteiger partial charge in [-0.15, -0.1) is 10.2 Å². The molecule has 2 atom stereocenters. The SMILES string of the molecule is Cc1ccccc1CN1c2nnc(-c3ccc(Cl)cc3)n2C2C1C(=O)N(C)C(=O)N2C. The predicted octanol–water partition coefficient (Wildman–Crippen LogP) is 3.32. The van der Waals surface area contributed by atoms with Gasteiger partial charge < -0.3 is 9.80 Å². The maximum absolute atomic E-state index is 13.3. The molecule has 5 rings (SSSR count). The number of aromatic nitrogens is 3. The minimum absolute atomic E-state index is 0.255. The molecule has 3 aromatic rings. The molecule has 0 radical (unpaired) electrons. The average Bonchev–Trinajstić information content (AvgIpc) is 3.32. The lowest BCUT2D eigenvalue weighted by Crippen LogP contribution is -2.61. The van der Waals surface area contributed by atoms with Gasteiger partial charge in [-0.1, -0.05) is 35.9 Å². The Labute approximate surface area is 184 Å². The molecule has 2 aliphatic heterocycles. The molecule has 0 spiro atoms. The highest BCUT2D eigenvalue weighted by molar-refractivity contribution is 6.30. The fourth-order valence-electron chi connectivity index (χ4n) is 4.37. The summed E-state index contributed by atoms with van der Waals surface area (Å²) in [6.45, 7) is 2.52. The largest absolute Gasteiger partial charge is 0.327 e. The fraction of sp³-hybridized carbons (Fsp3) is 0.273. The standard InChI is InChI=1S/C22H21ClN6O2/c1-13-6-4-5-7-15(13)12-28-17-19(26(2)22(31)27(3)20(17)30)29-18(24-25-21(28)29)14-8-10-16(23)11-9-14/h4-11,17,19H,12H2,1-3H3. The van der Waals surface area contributed by atoms with Crippen molar-refractivity contribution in [2.75, 3.05) is 19.0 Å². The minimum atomic E-state index is -0.594. The lowest BCUT2D eigenvalue weighted by atomic mass is 10.1.